The Balaban J connectivity index is 2.00. The fourth-order valence-corrected chi connectivity index (χ4v) is 3.31. The number of hydrogen-bond donors (Lipinski definition) is 0. The third-order valence-corrected chi connectivity index (χ3v) is 4.66. The van der Waals surface area contributed by atoms with Gasteiger partial charge in [-0.25, -0.2) is 9.36 Å². The Bertz CT molecular complexity index is 865. The molecule has 102 valence electrons. The zero-order valence-electron chi connectivity index (χ0n) is 10.3. The second kappa shape index (κ2) is 4.91. The highest BCUT2D eigenvalue weighted by Crippen LogP contribution is 2.23. The fourth-order valence-electron chi connectivity index (χ4n) is 1.78. The number of hydrogen-bond acceptors (Lipinski definition) is 6. The van der Waals surface area contributed by atoms with E-state index in [0.717, 1.165) is 9.15 Å². The SMILES string of the molecule is Cn1ncc2c(=O)n(CC(=O)c3sccc3Br)nnc21. The molecule has 0 spiro atoms. The van der Waals surface area contributed by atoms with Crippen LogP contribution in [-0.4, -0.2) is 30.6 Å². The predicted molar refractivity (Wildman–Crippen MR) is 76.9 cm³/mol. The van der Waals surface area contributed by atoms with Crippen molar-refractivity contribution in [1.29, 1.82) is 0 Å². The van der Waals surface area contributed by atoms with Crippen LogP contribution in [0, 0.1) is 0 Å². The van der Waals surface area contributed by atoms with E-state index < -0.39 is 0 Å². The molecule has 0 N–H and O–H groups in total. The summed E-state index contributed by atoms with van der Waals surface area (Å²) in [4.78, 5) is 24.9. The van der Waals surface area contributed by atoms with Crippen molar-refractivity contribution >= 4 is 44.1 Å². The molecule has 0 amide bonds. The van der Waals surface area contributed by atoms with Gasteiger partial charge in [0.05, 0.1) is 11.1 Å². The number of carbonyl (C=O) groups excluding carboxylic acids is 1. The zero-order chi connectivity index (χ0) is 14.3. The van der Waals surface area contributed by atoms with Crippen LogP contribution in [0.15, 0.2) is 26.9 Å². The van der Waals surface area contributed by atoms with E-state index in [2.05, 4.69) is 31.3 Å². The van der Waals surface area contributed by atoms with E-state index in [1.54, 1.807) is 18.5 Å². The van der Waals surface area contributed by atoms with E-state index >= 15 is 0 Å². The third kappa shape index (κ3) is 2.08. The average Bonchev–Trinajstić information content (AvgIpc) is 3.00. The van der Waals surface area contributed by atoms with E-state index in [0.29, 0.717) is 15.9 Å². The van der Waals surface area contributed by atoms with Crippen LogP contribution in [0.5, 0.6) is 0 Å². The Labute approximate surface area is 125 Å². The summed E-state index contributed by atoms with van der Waals surface area (Å²) in [6, 6.07) is 1.79. The van der Waals surface area contributed by atoms with Gasteiger partial charge in [-0.05, 0) is 27.4 Å². The smallest absolute Gasteiger partial charge is 0.281 e. The van der Waals surface area contributed by atoms with E-state index in [4.69, 9.17) is 0 Å². The molecule has 0 aliphatic carbocycles. The van der Waals surface area contributed by atoms with Gasteiger partial charge in [0.2, 0.25) is 0 Å². The Kier molecular flexibility index (Phi) is 3.22. The van der Waals surface area contributed by atoms with Crippen molar-refractivity contribution in [2.45, 2.75) is 6.54 Å². The topological polar surface area (TPSA) is 82.7 Å². The highest BCUT2D eigenvalue weighted by Gasteiger charge is 2.16. The number of Topliss-reactive ketones (excluding diaryl/α,β-unsaturated/α-hetero) is 1. The summed E-state index contributed by atoms with van der Waals surface area (Å²) in [5.41, 5.74) is 0.0279. The number of fused-ring (bicyclic) bond motifs is 1. The van der Waals surface area contributed by atoms with Crippen molar-refractivity contribution < 1.29 is 4.79 Å². The third-order valence-electron chi connectivity index (χ3n) is 2.78. The summed E-state index contributed by atoms with van der Waals surface area (Å²) in [7, 11) is 1.68. The Hall–Kier alpha value is -1.87. The Morgan fingerprint density at radius 2 is 2.30 bits per heavy atom. The van der Waals surface area contributed by atoms with Crippen LogP contribution in [0.4, 0.5) is 0 Å². The Morgan fingerprint density at radius 3 is 3.00 bits per heavy atom. The van der Waals surface area contributed by atoms with Crippen molar-refractivity contribution in [1.82, 2.24) is 24.8 Å². The molecule has 9 heteroatoms. The molecule has 0 fully saturated rings. The first-order valence-corrected chi connectivity index (χ1v) is 7.27. The van der Waals surface area contributed by atoms with Gasteiger partial charge >= 0.3 is 0 Å². The van der Waals surface area contributed by atoms with Gasteiger partial charge in [0.1, 0.15) is 11.9 Å². The lowest BCUT2D eigenvalue weighted by atomic mass is 10.3. The van der Waals surface area contributed by atoms with Crippen LogP contribution in [0.3, 0.4) is 0 Å². The molecule has 3 heterocycles. The van der Waals surface area contributed by atoms with Crippen LogP contribution < -0.4 is 5.56 Å². The van der Waals surface area contributed by atoms with Crippen LogP contribution in [0.25, 0.3) is 11.0 Å². The number of halogens is 1. The minimum Gasteiger partial charge on any atom is -0.291 e. The molecular formula is C11H8BrN5O2S. The summed E-state index contributed by atoms with van der Waals surface area (Å²) >= 11 is 4.61. The maximum Gasteiger partial charge on any atom is 0.281 e. The molecule has 3 aromatic rings. The normalized spacial score (nSPS) is 11.1. The molecule has 3 aromatic heterocycles. The molecule has 3 rings (SSSR count). The summed E-state index contributed by atoms with van der Waals surface area (Å²) in [6.45, 7) is -0.143. The van der Waals surface area contributed by atoms with Crippen LogP contribution in [0.1, 0.15) is 9.67 Å². The van der Waals surface area contributed by atoms with Gasteiger partial charge in [0.25, 0.3) is 5.56 Å². The van der Waals surface area contributed by atoms with Crippen molar-refractivity contribution in [3.8, 4) is 0 Å². The lowest BCUT2D eigenvalue weighted by Gasteiger charge is -2.02. The minimum absolute atomic E-state index is 0.143. The van der Waals surface area contributed by atoms with Gasteiger partial charge in [0.15, 0.2) is 11.4 Å². The standard InChI is InChI=1S/C11H8BrN5O2S/c1-16-10-6(4-13-16)11(19)17(15-14-10)5-8(18)9-7(12)2-3-20-9/h2-4H,5H2,1H3. The van der Waals surface area contributed by atoms with E-state index in [-0.39, 0.29) is 17.9 Å². The van der Waals surface area contributed by atoms with Crippen molar-refractivity contribution in [3.05, 3.63) is 37.3 Å². The van der Waals surface area contributed by atoms with Gasteiger partial charge in [-0.15, -0.1) is 16.4 Å². The molecule has 0 saturated carbocycles. The molecule has 0 bridgehead atoms. The first kappa shape index (κ1) is 13.1. The number of aromatic nitrogens is 5. The van der Waals surface area contributed by atoms with Gasteiger partial charge in [-0.1, -0.05) is 5.21 Å². The number of aryl methyl sites for hydroxylation is 1. The minimum atomic E-state index is -0.371. The van der Waals surface area contributed by atoms with Crippen LogP contribution >= 0.6 is 27.3 Å². The highest BCUT2D eigenvalue weighted by atomic mass is 79.9. The van der Waals surface area contributed by atoms with Crippen molar-refractivity contribution in [2.24, 2.45) is 7.05 Å². The second-order valence-corrected chi connectivity index (χ2v) is 5.85. The molecular weight excluding hydrogens is 346 g/mol. The number of nitrogens with zero attached hydrogens (tertiary/aromatic N) is 5. The van der Waals surface area contributed by atoms with Gasteiger partial charge in [0, 0.05) is 11.5 Å². The summed E-state index contributed by atoms with van der Waals surface area (Å²) < 4.78 is 3.24. The van der Waals surface area contributed by atoms with E-state index in [9.17, 15) is 9.59 Å². The first-order chi connectivity index (χ1) is 9.58. The second-order valence-electron chi connectivity index (χ2n) is 4.08. The quantitative estimate of drug-likeness (QED) is 0.661. The molecule has 7 nitrogen and oxygen atoms in total. The van der Waals surface area contributed by atoms with Gasteiger partial charge in [-0.2, -0.15) is 5.10 Å². The zero-order valence-corrected chi connectivity index (χ0v) is 12.7. The monoisotopic (exact) mass is 353 g/mol. The maximum absolute atomic E-state index is 12.2. The molecule has 0 aliphatic rings. The average molecular weight is 354 g/mol. The summed E-state index contributed by atoms with van der Waals surface area (Å²) in [5.74, 6) is -0.188. The number of ketones is 1. The number of carbonyl (C=O) groups is 1. The van der Waals surface area contributed by atoms with Gasteiger partial charge in [-0.3, -0.25) is 9.59 Å². The van der Waals surface area contributed by atoms with E-state index in [1.807, 2.05) is 0 Å². The van der Waals surface area contributed by atoms with Crippen LogP contribution in [0.2, 0.25) is 0 Å². The van der Waals surface area contributed by atoms with Crippen molar-refractivity contribution in [3.63, 3.8) is 0 Å². The highest BCUT2D eigenvalue weighted by molar-refractivity contribution is 9.10. The molecule has 0 saturated heterocycles. The molecule has 0 radical (unpaired) electrons. The molecule has 0 atom stereocenters. The summed E-state index contributed by atoms with van der Waals surface area (Å²) in [6.07, 6.45) is 1.42. The van der Waals surface area contributed by atoms with Crippen LogP contribution in [-0.2, 0) is 13.6 Å². The maximum atomic E-state index is 12.2. The summed E-state index contributed by atoms with van der Waals surface area (Å²) in [5, 5.41) is 13.8. The molecule has 0 aromatic carbocycles. The largest absolute Gasteiger partial charge is 0.291 e. The predicted octanol–water partition coefficient (Wildman–Crippen LogP) is 1.23. The van der Waals surface area contributed by atoms with E-state index in [1.165, 1.54) is 22.2 Å². The molecule has 0 aliphatic heterocycles. The van der Waals surface area contributed by atoms with Crippen molar-refractivity contribution in [2.75, 3.05) is 0 Å². The van der Waals surface area contributed by atoms with Gasteiger partial charge < -0.3 is 0 Å². The Morgan fingerprint density at radius 1 is 1.50 bits per heavy atom. The molecule has 20 heavy (non-hydrogen) atoms. The fraction of sp³-hybridized carbons (Fsp3) is 0.182. The lowest BCUT2D eigenvalue weighted by Crippen LogP contribution is -2.27. The lowest BCUT2D eigenvalue weighted by molar-refractivity contribution is 0.0968. The number of rotatable bonds is 3. The molecule has 0 unspecified atom stereocenters. The number of thiophene rings is 1. The first-order valence-electron chi connectivity index (χ1n) is 5.59.